The van der Waals surface area contributed by atoms with E-state index >= 15 is 0 Å². The molecule has 0 fully saturated rings. The first-order chi connectivity index (χ1) is 14.2. The van der Waals surface area contributed by atoms with Gasteiger partial charge in [-0.25, -0.2) is 0 Å². The van der Waals surface area contributed by atoms with Crippen molar-refractivity contribution in [2.24, 2.45) is 0 Å². The zero-order chi connectivity index (χ0) is 22.7. The van der Waals surface area contributed by atoms with Crippen molar-refractivity contribution < 1.29 is 23.9 Å². The molecule has 0 saturated carbocycles. The molecule has 1 unspecified atom stereocenters. The van der Waals surface area contributed by atoms with Gasteiger partial charge in [0.25, 0.3) is 0 Å². The van der Waals surface area contributed by atoms with Crippen LogP contribution in [0, 0.1) is 0 Å². The van der Waals surface area contributed by atoms with Gasteiger partial charge >= 0.3 is 5.97 Å². The molecule has 5 nitrogen and oxygen atoms in total. The van der Waals surface area contributed by atoms with E-state index < -0.39 is 12.1 Å². The Morgan fingerprint density at radius 1 is 0.833 bits per heavy atom. The minimum Gasteiger partial charge on any atom is -0.550 e. The van der Waals surface area contributed by atoms with E-state index in [4.69, 9.17) is 4.74 Å². The minimum absolute atomic E-state index is 0.257. The largest absolute Gasteiger partial charge is 0.550 e. The number of quaternary nitrogens is 1. The Hall–Kier alpha value is -2.14. The molecule has 0 saturated heterocycles. The molecule has 0 aliphatic rings. The molecular formula is C25H41NO4. The number of ether oxygens (including phenoxy) is 1. The van der Waals surface area contributed by atoms with Crippen LogP contribution >= 0.6 is 0 Å². The van der Waals surface area contributed by atoms with Gasteiger partial charge in [-0.15, -0.1) is 0 Å². The van der Waals surface area contributed by atoms with Gasteiger partial charge in [0, 0.05) is 18.8 Å². The molecule has 0 spiro atoms. The first kappa shape index (κ1) is 27.9. The lowest BCUT2D eigenvalue weighted by molar-refractivity contribution is -0.873. The quantitative estimate of drug-likeness (QED) is 0.154. The van der Waals surface area contributed by atoms with Crippen LogP contribution in [0.4, 0.5) is 0 Å². The van der Waals surface area contributed by atoms with E-state index in [-0.39, 0.29) is 18.8 Å². The van der Waals surface area contributed by atoms with Crippen molar-refractivity contribution in [2.45, 2.75) is 70.8 Å². The lowest BCUT2D eigenvalue weighted by Gasteiger charge is -2.29. The topological polar surface area (TPSA) is 66.4 Å². The maximum absolute atomic E-state index is 12.0. The summed E-state index contributed by atoms with van der Waals surface area (Å²) in [6.45, 7) is 2.58. The van der Waals surface area contributed by atoms with Gasteiger partial charge in [0.2, 0.25) is 0 Å². The Bertz CT molecular complexity index is 582. The summed E-state index contributed by atoms with van der Waals surface area (Å²) in [5.41, 5.74) is 0. The monoisotopic (exact) mass is 419 g/mol. The summed E-state index contributed by atoms with van der Waals surface area (Å²) < 4.78 is 5.85. The van der Waals surface area contributed by atoms with Gasteiger partial charge in [-0.05, 0) is 44.9 Å². The summed E-state index contributed by atoms with van der Waals surface area (Å²) in [6, 6.07) is 0. The highest BCUT2D eigenvalue weighted by Crippen LogP contribution is 2.07. The smallest absolute Gasteiger partial charge is 0.306 e. The predicted molar refractivity (Wildman–Crippen MR) is 122 cm³/mol. The third kappa shape index (κ3) is 20.6. The number of carboxylic acid groups (broad SMARTS) is 1. The van der Waals surface area contributed by atoms with Crippen LogP contribution in [0.3, 0.4) is 0 Å². The standard InChI is InChI=1S/C25H41NO4/c1-5-6-7-8-9-10-11-12-13-14-15-16-17-18-19-20-25(29)30-23(21-24(27)28)22-26(2,3)4/h6-7,9-10,13-14,17-18,23H,5,8,11-12,15-16,19-22H2,1-4H3/b7-6-,10-9-,14-13-,18-17-. The molecule has 170 valence electrons. The zero-order valence-corrected chi connectivity index (χ0v) is 19.3. The van der Waals surface area contributed by atoms with E-state index in [1.54, 1.807) is 0 Å². The molecule has 0 bridgehead atoms. The highest BCUT2D eigenvalue weighted by Gasteiger charge is 2.22. The van der Waals surface area contributed by atoms with Gasteiger partial charge in [0.05, 0.1) is 21.1 Å². The fourth-order valence-electron chi connectivity index (χ4n) is 2.80. The van der Waals surface area contributed by atoms with Crippen molar-refractivity contribution in [3.63, 3.8) is 0 Å². The molecule has 0 aliphatic heterocycles. The average Bonchev–Trinajstić information content (AvgIpc) is 2.63. The molecule has 0 amide bonds. The molecule has 0 heterocycles. The maximum Gasteiger partial charge on any atom is 0.306 e. The molecule has 5 heteroatoms. The van der Waals surface area contributed by atoms with Gasteiger partial charge in [0.15, 0.2) is 6.10 Å². The summed E-state index contributed by atoms with van der Waals surface area (Å²) in [7, 11) is 5.78. The van der Waals surface area contributed by atoms with Crippen LogP contribution in [0.25, 0.3) is 0 Å². The second kappa shape index (κ2) is 17.7. The van der Waals surface area contributed by atoms with Crippen molar-refractivity contribution in [3.05, 3.63) is 48.6 Å². The summed E-state index contributed by atoms with van der Waals surface area (Å²) in [5, 5.41) is 10.9. The molecule has 0 aromatic heterocycles. The Balaban J connectivity index is 3.89. The number of rotatable bonds is 17. The number of aliphatic carboxylic acids is 1. The van der Waals surface area contributed by atoms with Crippen molar-refractivity contribution in [3.8, 4) is 0 Å². The van der Waals surface area contributed by atoms with Crippen LogP contribution < -0.4 is 5.11 Å². The molecule has 0 rings (SSSR count). The van der Waals surface area contributed by atoms with E-state index in [1.165, 1.54) is 0 Å². The SMILES string of the molecule is CC/C=C\C/C=C\CC/C=C\CC/C=C\CCC(=O)OC(CC(=O)[O-])C[N+](C)(C)C. The second-order valence-electron chi connectivity index (χ2n) is 8.38. The first-order valence-electron chi connectivity index (χ1n) is 11.0. The molecule has 0 radical (unpaired) electrons. The van der Waals surface area contributed by atoms with Crippen molar-refractivity contribution in [1.82, 2.24) is 0 Å². The molecule has 0 N–H and O–H groups in total. The zero-order valence-electron chi connectivity index (χ0n) is 19.3. The first-order valence-corrected chi connectivity index (χ1v) is 11.0. The highest BCUT2D eigenvalue weighted by molar-refractivity contribution is 5.71. The van der Waals surface area contributed by atoms with Gasteiger partial charge in [-0.2, -0.15) is 0 Å². The number of unbranched alkanes of at least 4 members (excludes halogenated alkanes) is 2. The Morgan fingerprint density at radius 3 is 1.83 bits per heavy atom. The molecule has 30 heavy (non-hydrogen) atoms. The fraction of sp³-hybridized carbons (Fsp3) is 0.600. The third-order valence-electron chi connectivity index (χ3n) is 4.13. The van der Waals surface area contributed by atoms with Gasteiger partial charge in [0.1, 0.15) is 6.54 Å². The van der Waals surface area contributed by atoms with Crippen LogP contribution in [0.5, 0.6) is 0 Å². The molecule has 0 aromatic rings. The number of carbonyl (C=O) groups excluding carboxylic acids is 2. The Kier molecular flexibility index (Phi) is 16.4. The number of carboxylic acids is 1. The van der Waals surface area contributed by atoms with Crippen molar-refractivity contribution in [2.75, 3.05) is 27.7 Å². The number of carbonyl (C=O) groups is 2. The van der Waals surface area contributed by atoms with Gasteiger partial charge in [-0.3, -0.25) is 4.79 Å². The summed E-state index contributed by atoms with van der Waals surface area (Å²) in [6.07, 6.45) is 23.4. The van der Waals surface area contributed by atoms with E-state index in [1.807, 2.05) is 27.2 Å². The number of esters is 1. The predicted octanol–water partition coefficient (Wildman–Crippen LogP) is 4.11. The van der Waals surface area contributed by atoms with Crippen LogP contribution in [-0.2, 0) is 14.3 Å². The van der Waals surface area contributed by atoms with Crippen LogP contribution in [0.1, 0.15) is 64.7 Å². The highest BCUT2D eigenvalue weighted by atomic mass is 16.5. The van der Waals surface area contributed by atoms with Crippen LogP contribution in [0.2, 0.25) is 0 Å². The minimum atomic E-state index is -1.20. The van der Waals surface area contributed by atoms with Crippen LogP contribution in [-0.4, -0.2) is 50.2 Å². The lowest BCUT2D eigenvalue weighted by Crippen LogP contribution is -2.45. The maximum atomic E-state index is 12.0. The third-order valence-corrected chi connectivity index (χ3v) is 4.13. The van der Waals surface area contributed by atoms with E-state index in [9.17, 15) is 14.7 Å². The molecule has 0 aromatic carbocycles. The van der Waals surface area contributed by atoms with Gasteiger partial charge < -0.3 is 19.1 Å². The number of hydrogen-bond donors (Lipinski definition) is 0. The number of hydrogen-bond acceptors (Lipinski definition) is 4. The number of allylic oxidation sites excluding steroid dienone is 8. The van der Waals surface area contributed by atoms with Crippen molar-refractivity contribution >= 4 is 11.9 Å². The Labute approximate surface area is 183 Å². The number of likely N-dealkylation sites (N-methyl/N-ethyl adjacent to an activating group) is 1. The molecule has 1 atom stereocenters. The van der Waals surface area contributed by atoms with Gasteiger partial charge in [-0.1, -0.05) is 55.5 Å². The summed E-state index contributed by atoms with van der Waals surface area (Å²) in [5.74, 6) is -1.56. The normalized spacial score (nSPS) is 13.7. The second-order valence-corrected chi connectivity index (χ2v) is 8.38. The number of nitrogens with zero attached hydrogens (tertiary/aromatic N) is 1. The van der Waals surface area contributed by atoms with Crippen molar-refractivity contribution in [1.29, 1.82) is 0 Å². The molecular weight excluding hydrogens is 378 g/mol. The molecule has 0 aliphatic carbocycles. The Morgan fingerprint density at radius 2 is 1.33 bits per heavy atom. The van der Waals surface area contributed by atoms with E-state index in [2.05, 4.69) is 49.5 Å². The fourth-order valence-corrected chi connectivity index (χ4v) is 2.80. The van der Waals surface area contributed by atoms with E-state index in [0.717, 1.165) is 38.5 Å². The average molecular weight is 420 g/mol. The summed E-state index contributed by atoms with van der Waals surface area (Å²) >= 11 is 0. The summed E-state index contributed by atoms with van der Waals surface area (Å²) in [4.78, 5) is 22.8. The lowest BCUT2D eigenvalue weighted by atomic mass is 10.2. The van der Waals surface area contributed by atoms with E-state index in [0.29, 0.717) is 17.4 Å². The van der Waals surface area contributed by atoms with Crippen LogP contribution in [0.15, 0.2) is 48.6 Å².